The summed E-state index contributed by atoms with van der Waals surface area (Å²) in [5.41, 5.74) is 0. The van der Waals surface area contributed by atoms with Crippen molar-refractivity contribution in [3.8, 4) is 0 Å². The van der Waals surface area contributed by atoms with Gasteiger partial charge in [-0.25, -0.2) is 8.42 Å². The van der Waals surface area contributed by atoms with Gasteiger partial charge in [0.1, 0.15) is 0 Å². The van der Waals surface area contributed by atoms with Crippen LogP contribution in [0.1, 0.15) is 39.0 Å². The molecule has 20 heavy (non-hydrogen) atoms. The monoisotopic (exact) mass is 302 g/mol. The molecule has 0 radical (unpaired) electrons. The van der Waals surface area contributed by atoms with Gasteiger partial charge in [0.15, 0.2) is 9.84 Å². The lowest BCUT2D eigenvalue weighted by molar-refractivity contribution is -0.132. The summed E-state index contributed by atoms with van der Waals surface area (Å²) < 4.78 is 24.2. The van der Waals surface area contributed by atoms with Crippen LogP contribution in [0.2, 0.25) is 0 Å². The molecule has 2 heterocycles. The molecule has 3 unspecified atom stereocenters. The molecule has 1 amide bonds. The quantitative estimate of drug-likeness (QED) is 0.837. The van der Waals surface area contributed by atoms with E-state index in [9.17, 15) is 13.2 Å². The molecule has 2 rings (SSSR count). The van der Waals surface area contributed by atoms with E-state index in [1.165, 1.54) is 0 Å². The van der Waals surface area contributed by atoms with Crippen LogP contribution in [0, 0.1) is 5.92 Å². The van der Waals surface area contributed by atoms with E-state index >= 15 is 0 Å². The molecule has 2 aliphatic heterocycles. The summed E-state index contributed by atoms with van der Waals surface area (Å²) in [5.74, 6) is 0.841. The minimum atomic E-state index is -3.01. The van der Waals surface area contributed by atoms with E-state index in [2.05, 4.69) is 12.2 Å². The van der Waals surface area contributed by atoms with Crippen molar-refractivity contribution in [2.45, 2.75) is 50.3 Å². The molecule has 0 spiro atoms. The van der Waals surface area contributed by atoms with Crippen LogP contribution in [0.25, 0.3) is 0 Å². The Morgan fingerprint density at radius 3 is 2.70 bits per heavy atom. The standard InChI is InChI=1S/C14H26N2O3S/c1-11-6-7-16(14(17)13(9-11)15-2)10-12-5-3-4-8-20(12,18)19/h11-13,15H,3-10H2,1-2H3. The number of nitrogens with one attached hydrogen (secondary N) is 1. The number of likely N-dealkylation sites (tertiary alicyclic amines) is 1. The van der Waals surface area contributed by atoms with E-state index < -0.39 is 9.84 Å². The molecule has 0 saturated carbocycles. The maximum atomic E-state index is 12.5. The number of amides is 1. The third-order valence-corrected chi connectivity index (χ3v) is 6.88. The second-order valence-corrected chi connectivity index (χ2v) is 8.64. The summed E-state index contributed by atoms with van der Waals surface area (Å²) in [6, 6.07) is -0.168. The SMILES string of the molecule is CNC1CC(C)CCN(CC2CCCCS2(=O)=O)C1=O. The predicted molar refractivity (Wildman–Crippen MR) is 79.3 cm³/mol. The van der Waals surface area contributed by atoms with E-state index in [0.717, 1.165) is 25.7 Å². The Bertz CT molecular complexity index is 449. The summed E-state index contributed by atoms with van der Waals surface area (Å²) in [6.45, 7) is 3.22. The highest BCUT2D eigenvalue weighted by Crippen LogP contribution is 2.23. The second kappa shape index (κ2) is 6.43. The first-order valence-electron chi connectivity index (χ1n) is 7.61. The molecule has 2 aliphatic rings. The molecule has 0 aromatic carbocycles. The van der Waals surface area contributed by atoms with E-state index in [1.54, 1.807) is 11.9 Å². The van der Waals surface area contributed by atoms with E-state index in [-0.39, 0.29) is 23.0 Å². The lowest BCUT2D eigenvalue weighted by Crippen LogP contribution is -2.48. The number of hydrogen-bond donors (Lipinski definition) is 1. The Morgan fingerprint density at radius 2 is 2.05 bits per heavy atom. The average molecular weight is 302 g/mol. The fourth-order valence-electron chi connectivity index (χ4n) is 3.22. The Hall–Kier alpha value is -0.620. The van der Waals surface area contributed by atoms with Crippen LogP contribution in [0.4, 0.5) is 0 Å². The zero-order valence-corrected chi connectivity index (χ0v) is 13.3. The maximum absolute atomic E-state index is 12.5. The van der Waals surface area contributed by atoms with Crippen molar-refractivity contribution in [1.82, 2.24) is 10.2 Å². The molecule has 116 valence electrons. The number of carbonyl (C=O) groups excluding carboxylic acids is 1. The minimum absolute atomic E-state index is 0.0672. The highest BCUT2D eigenvalue weighted by molar-refractivity contribution is 7.92. The van der Waals surface area contributed by atoms with E-state index in [4.69, 9.17) is 0 Å². The Balaban J connectivity index is 2.08. The zero-order chi connectivity index (χ0) is 14.8. The van der Waals surface area contributed by atoms with Gasteiger partial charge < -0.3 is 10.2 Å². The smallest absolute Gasteiger partial charge is 0.239 e. The van der Waals surface area contributed by atoms with E-state index in [1.807, 2.05) is 0 Å². The molecule has 6 heteroatoms. The normalized spacial score (nSPS) is 34.8. The van der Waals surface area contributed by atoms with Crippen molar-refractivity contribution in [2.75, 3.05) is 25.9 Å². The van der Waals surface area contributed by atoms with Gasteiger partial charge in [-0.15, -0.1) is 0 Å². The van der Waals surface area contributed by atoms with Gasteiger partial charge in [0.05, 0.1) is 17.0 Å². The molecule has 5 nitrogen and oxygen atoms in total. The van der Waals surface area contributed by atoms with Gasteiger partial charge >= 0.3 is 0 Å². The first kappa shape index (κ1) is 15.8. The van der Waals surface area contributed by atoms with Crippen LogP contribution in [-0.4, -0.2) is 56.4 Å². The molecule has 0 aliphatic carbocycles. The predicted octanol–water partition coefficient (Wildman–Crippen LogP) is 0.800. The molecule has 2 fully saturated rings. The van der Waals surface area contributed by atoms with Crippen molar-refractivity contribution in [2.24, 2.45) is 5.92 Å². The molecule has 0 aromatic heterocycles. The van der Waals surface area contributed by atoms with Crippen LogP contribution in [0.5, 0.6) is 0 Å². The highest BCUT2D eigenvalue weighted by Gasteiger charge is 2.35. The van der Waals surface area contributed by atoms with Crippen molar-refractivity contribution in [1.29, 1.82) is 0 Å². The number of likely N-dealkylation sites (N-methyl/N-ethyl adjacent to an activating group) is 1. The summed E-state index contributed by atoms with van der Waals surface area (Å²) in [4.78, 5) is 14.3. The first-order valence-corrected chi connectivity index (χ1v) is 9.33. The van der Waals surface area contributed by atoms with Gasteiger partial charge in [-0.05, 0) is 38.6 Å². The number of nitrogens with zero attached hydrogens (tertiary/aromatic N) is 1. The third kappa shape index (κ3) is 3.52. The van der Waals surface area contributed by atoms with E-state index in [0.29, 0.717) is 25.4 Å². The highest BCUT2D eigenvalue weighted by atomic mass is 32.2. The third-order valence-electron chi connectivity index (χ3n) is 4.62. The number of sulfone groups is 1. The van der Waals surface area contributed by atoms with Crippen molar-refractivity contribution in [3.63, 3.8) is 0 Å². The fraction of sp³-hybridized carbons (Fsp3) is 0.929. The van der Waals surface area contributed by atoms with Crippen LogP contribution >= 0.6 is 0 Å². The Morgan fingerprint density at radius 1 is 1.30 bits per heavy atom. The summed E-state index contributed by atoms with van der Waals surface area (Å²) in [7, 11) is -1.21. The van der Waals surface area contributed by atoms with Gasteiger partial charge in [-0.1, -0.05) is 13.3 Å². The Labute approximate surface area is 122 Å². The van der Waals surface area contributed by atoms with Crippen LogP contribution in [0.15, 0.2) is 0 Å². The molecule has 0 aromatic rings. The van der Waals surface area contributed by atoms with Gasteiger partial charge in [-0.2, -0.15) is 0 Å². The maximum Gasteiger partial charge on any atom is 0.239 e. The number of rotatable bonds is 3. The molecule has 0 bridgehead atoms. The van der Waals surface area contributed by atoms with Crippen LogP contribution < -0.4 is 5.32 Å². The molecule has 1 N–H and O–H groups in total. The van der Waals surface area contributed by atoms with Gasteiger partial charge in [-0.3, -0.25) is 4.79 Å². The second-order valence-electron chi connectivity index (χ2n) is 6.24. The number of hydrogen-bond acceptors (Lipinski definition) is 4. The van der Waals surface area contributed by atoms with Crippen LogP contribution in [-0.2, 0) is 14.6 Å². The average Bonchev–Trinajstić information content (AvgIpc) is 2.53. The summed E-state index contributed by atoms with van der Waals surface area (Å²) in [5, 5.41) is 2.72. The largest absolute Gasteiger partial charge is 0.340 e. The number of carbonyl (C=O) groups is 1. The molecular weight excluding hydrogens is 276 g/mol. The lowest BCUT2D eigenvalue weighted by atomic mass is 10.0. The van der Waals surface area contributed by atoms with Gasteiger partial charge in [0.25, 0.3) is 0 Å². The van der Waals surface area contributed by atoms with Crippen molar-refractivity contribution in [3.05, 3.63) is 0 Å². The minimum Gasteiger partial charge on any atom is -0.340 e. The first-order chi connectivity index (χ1) is 9.44. The van der Waals surface area contributed by atoms with Crippen molar-refractivity contribution >= 4 is 15.7 Å². The molecular formula is C14H26N2O3S. The lowest BCUT2D eigenvalue weighted by Gasteiger charge is -2.30. The zero-order valence-electron chi connectivity index (χ0n) is 12.5. The molecule has 2 saturated heterocycles. The summed E-state index contributed by atoms with van der Waals surface area (Å²) in [6.07, 6.45) is 4.21. The van der Waals surface area contributed by atoms with Gasteiger partial charge in [0, 0.05) is 13.1 Å². The topological polar surface area (TPSA) is 66.5 Å². The fourth-order valence-corrected chi connectivity index (χ4v) is 5.10. The molecule has 3 atom stereocenters. The summed E-state index contributed by atoms with van der Waals surface area (Å²) >= 11 is 0. The van der Waals surface area contributed by atoms with Crippen LogP contribution in [0.3, 0.4) is 0 Å². The van der Waals surface area contributed by atoms with Crippen molar-refractivity contribution < 1.29 is 13.2 Å². The van der Waals surface area contributed by atoms with Gasteiger partial charge in [0.2, 0.25) is 5.91 Å². The Kier molecular flexibility index (Phi) is 5.07.